The Morgan fingerprint density at radius 3 is 1.69 bits per heavy atom. The summed E-state index contributed by atoms with van der Waals surface area (Å²) in [6, 6.07) is 52.4. The van der Waals surface area contributed by atoms with Crippen LogP contribution in [-0.2, 0) is 0 Å². The summed E-state index contributed by atoms with van der Waals surface area (Å²) >= 11 is 0. The van der Waals surface area contributed by atoms with Crippen LogP contribution in [0.4, 0.5) is 17.1 Å². The molecule has 0 radical (unpaired) electrons. The topological polar surface area (TPSA) is 3.24 Å². The van der Waals surface area contributed by atoms with E-state index in [1.807, 2.05) is 6.08 Å². The summed E-state index contributed by atoms with van der Waals surface area (Å²) in [5.74, 6) is 0. The van der Waals surface area contributed by atoms with Crippen molar-refractivity contribution in [1.82, 2.24) is 0 Å². The molecular weight excluding hydrogens is 470 g/mol. The van der Waals surface area contributed by atoms with E-state index in [-0.39, 0.29) is 0 Å². The third-order valence-corrected chi connectivity index (χ3v) is 7.56. The lowest BCUT2D eigenvalue weighted by molar-refractivity contribution is 1.29. The minimum Gasteiger partial charge on any atom is -0.310 e. The number of benzene rings is 7. The van der Waals surface area contributed by atoms with Gasteiger partial charge in [0.15, 0.2) is 0 Å². The van der Waals surface area contributed by atoms with Crippen molar-refractivity contribution in [1.29, 1.82) is 0 Å². The molecule has 39 heavy (non-hydrogen) atoms. The normalized spacial score (nSPS) is 11.2. The van der Waals surface area contributed by atoms with Gasteiger partial charge >= 0.3 is 0 Å². The van der Waals surface area contributed by atoms with Crippen LogP contribution in [0.2, 0.25) is 0 Å². The van der Waals surface area contributed by atoms with E-state index in [4.69, 9.17) is 0 Å². The largest absolute Gasteiger partial charge is 0.310 e. The van der Waals surface area contributed by atoms with Crippen LogP contribution in [0, 0.1) is 0 Å². The Labute approximate surface area is 228 Å². The Hall–Kier alpha value is -5.14. The van der Waals surface area contributed by atoms with Crippen LogP contribution in [0.25, 0.3) is 49.5 Å². The van der Waals surface area contributed by atoms with Gasteiger partial charge in [0, 0.05) is 17.1 Å². The highest BCUT2D eigenvalue weighted by Crippen LogP contribution is 2.39. The molecule has 0 aliphatic heterocycles. The zero-order valence-corrected chi connectivity index (χ0v) is 21.6. The van der Waals surface area contributed by atoms with E-state index in [9.17, 15) is 0 Å². The lowest BCUT2D eigenvalue weighted by atomic mass is 9.99. The Kier molecular flexibility index (Phi) is 5.68. The Morgan fingerprint density at radius 2 is 0.949 bits per heavy atom. The fourth-order valence-corrected chi connectivity index (χ4v) is 5.54. The number of hydrogen-bond acceptors (Lipinski definition) is 1. The molecule has 0 aromatic heterocycles. The highest BCUT2D eigenvalue weighted by Gasteiger charge is 2.15. The predicted octanol–water partition coefficient (Wildman–Crippen LogP) is 10.9. The molecule has 0 saturated carbocycles. The van der Waals surface area contributed by atoms with Crippen LogP contribution in [0.3, 0.4) is 0 Å². The van der Waals surface area contributed by atoms with Crippen LogP contribution < -0.4 is 4.90 Å². The molecule has 1 nitrogen and oxygen atoms in total. The van der Waals surface area contributed by atoms with E-state index in [0.29, 0.717) is 0 Å². The summed E-state index contributed by atoms with van der Waals surface area (Å²) in [7, 11) is 0. The SMILES string of the molecule is C=Cc1ccc2c(ccc3cc(N(c4ccc(-c5ccccc5)cc4)c4ccc5ccccc5c4)ccc32)c1. The smallest absolute Gasteiger partial charge is 0.0468 e. The molecule has 184 valence electrons. The molecule has 0 heterocycles. The zero-order chi connectivity index (χ0) is 26.2. The van der Waals surface area contributed by atoms with Gasteiger partial charge in [-0.2, -0.15) is 0 Å². The second-order valence-electron chi connectivity index (χ2n) is 9.94. The van der Waals surface area contributed by atoms with Crippen LogP contribution in [0.5, 0.6) is 0 Å². The van der Waals surface area contributed by atoms with Gasteiger partial charge in [0.25, 0.3) is 0 Å². The van der Waals surface area contributed by atoms with Gasteiger partial charge < -0.3 is 4.90 Å². The van der Waals surface area contributed by atoms with Crippen molar-refractivity contribution in [3.8, 4) is 11.1 Å². The van der Waals surface area contributed by atoms with E-state index in [1.54, 1.807) is 0 Å². The average Bonchev–Trinajstić information content (AvgIpc) is 3.01. The van der Waals surface area contributed by atoms with E-state index < -0.39 is 0 Å². The second-order valence-corrected chi connectivity index (χ2v) is 9.94. The van der Waals surface area contributed by atoms with Crippen LogP contribution in [0.1, 0.15) is 5.56 Å². The van der Waals surface area contributed by atoms with Crippen molar-refractivity contribution in [2.75, 3.05) is 4.90 Å². The van der Waals surface area contributed by atoms with Crippen LogP contribution in [0.15, 0.2) is 152 Å². The average molecular weight is 498 g/mol. The van der Waals surface area contributed by atoms with Crippen LogP contribution in [-0.4, -0.2) is 0 Å². The lowest BCUT2D eigenvalue weighted by Crippen LogP contribution is -2.09. The highest BCUT2D eigenvalue weighted by molar-refractivity contribution is 6.09. The van der Waals surface area contributed by atoms with Crippen molar-refractivity contribution < 1.29 is 0 Å². The quantitative estimate of drug-likeness (QED) is 0.214. The van der Waals surface area contributed by atoms with Gasteiger partial charge in [0.2, 0.25) is 0 Å². The minimum atomic E-state index is 1.13. The summed E-state index contributed by atoms with van der Waals surface area (Å²) in [6.45, 7) is 3.92. The minimum absolute atomic E-state index is 1.13. The maximum atomic E-state index is 3.92. The van der Waals surface area contributed by atoms with E-state index in [2.05, 4.69) is 157 Å². The third kappa shape index (κ3) is 4.24. The summed E-state index contributed by atoms with van der Waals surface area (Å²) in [5, 5.41) is 7.43. The van der Waals surface area contributed by atoms with Crippen molar-refractivity contribution in [3.05, 3.63) is 158 Å². The molecule has 0 N–H and O–H groups in total. The van der Waals surface area contributed by atoms with Crippen molar-refractivity contribution >= 4 is 55.5 Å². The third-order valence-electron chi connectivity index (χ3n) is 7.56. The zero-order valence-electron chi connectivity index (χ0n) is 21.6. The molecule has 7 aromatic carbocycles. The van der Waals surface area contributed by atoms with Gasteiger partial charge in [-0.25, -0.2) is 0 Å². The van der Waals surface area contributed by atoms with Crippen LogP contribution >= 0.6 is 0 Å². The molecular formula is C38H27N. The molecule has 0 amide bonds. The first-order chi connectivity index (χ1) is 19.3. The Bertz CT molecular complexity index is 1970. The van der Waals surface area contributed by atoms with Gasteiger partial charge in [-0.1, -0.05) is 116 Å². The fraction of sp³-hybridized carbons (Fsp3) is 0. The molecule has 1 heteroatoms. The van der Waals surface area contributed by atoms with E-state index in [0.717, 1.165) is 22.6 Å². The standard InChI is InChI=1S/C38H27N/c1-2-27-12-22-37-32(24-27)13-14-33-26-36(21-23-38(33)37)39(35-20-17-29-10-6-7-11-31(29)25-35)34-18-15-30(16-19-34)28-8-4-3-5-9-28/h2-26H,1H2. The summed E-state index contributed by atoms with van der Waals surface area (Å²) in [6.07, 6.45) is 1.90. The molecule has 0 unspecified atom stereocenters. The maximum Gasteiger partial charge on any atom is 0.0468 e. The van der Waals surface area contributed by atoms with Gasteiger partial charge in [-0.15, -0.1) is 0 Å². The monoisotopic (exact) mass is 497 g/mol. The van der Waals surface area contributed by atoms with E-state index >= 15 is 0 Å². The molecule has 7 aromatic rings. The number of rotatable bonds is 5. The van der Waals surface area contributed by atoms with Crippen molar-refractivity contribution in [2.24, 2.45) is 0 Å². The first-order valence-electron chi connectivity index (χ1n) is 13.3. The molecule has 0 spiro atoms. The molecule has 0 bridgehead atoms. The number of hydrogen-bond donors (Lipinski definition) is 0. The maximum absolute atomic E-state index is 3.92. The molecule has 7 rings (SSSR count). The van der Waals surface area contributed by atoms with Gasteiger partial charge in [-0.05, 0) is 91.5 Å². The molecule has 0 aliphatic rings. The Balaban J connectivity index is 1.38. The van der Waals surface area contributed by atoms with E-state index in [1.165, 1.54) is 43.4 Å². The molecule has 0 fully saturated rings. The first-order valence-corrected chi connectivity index (χ1v) is 13.3. The second kappa shape index (κ2) is 9.63. The molecule has 0 saturated heterocycles. The predicted molar refractivity (Wildman–Crippen MR) is 169 cm³/mol. The number of anilines is 3. The lowest BCUT2D eigenvalue weighted by Gasteiger charge is -2.26. The van der Waals surface area contributed by atoms with Gasteiger partial charge in [-0.3, -0.25) is 0 Å². The number of fused-ring (bicyclic) bond motifs is 4. The van der Waals surface area contributed by atoms with Gasteiger partial charge in [0.1, 0.15) is 0 Å². The highest BCUT2D eigenvalue weighted by atomic mass is 15.1. The molecule has 0 atom stereocenters. The summed E-state index contributed by atoms with van der Waals surface area (Å²) in [5.41, 5.74) is 6.96. The fourth-order valence-electron chi connectivity index (χ4n) is 5.54. The first kappa shape index (κ1) is 23.0. The summed E-state index contributed by atoms with van der Waals surface area (Å²) < 4.78 is 0. The van der Waals surface area contributed by atoms with Gasteiger partial charge in [0.05, 0.1) is 0 Å². The Morgan fingerprint density at radius 1 is 0.410 bits per heavy atom. The summed E-state index contributed by atoms with van der Waals surface area (Å²) in [4.78, 5) is 2.35. The molecule has 0 aliphatic carbocycles. The number of nitrogens with zero attached hydrogens (tertiary/aromatic N) is 1. The van der Waals surface area contributed by atoms with Crippen molar-refractivity contribution in [3.63, 3.8) is 0 Å². The van der Waals surface area contributed by atoms with Crippen molar-refractivity contribution in [2.45, 2.75) is 0 Å².